The van der Waals surface area contributed by atoms with E-state index in [4.69, 9.17) is 4.74 Å². The van der Waals surface area contributed by atoms with E-state index in [9.17, 15) is 4.79 Å². The van der Waals surface area contributed by atoms with Crippen LogP contribution < -0.4 is 10.1 Å². The summed E-state index contributed by atoms with van der Waals surface area (Å²) < 4.78 is 7.18. The smallest absolute Gasteiger partial charge is 0.253 e. The maximum absolute atomic E-state index is 12.5. The molecule has 1 N–H and O–H groups in total. The Hall–Kier alpha value is -3.15. The number of nitrogens with zero attached hydrogens (tertiary/aromatic N) is 3. The van der Waals surface area contributed by atoms with Gasteiger partial charge >= 0.3 is 0 Å². The molecule has 2 aromatic heterocycles. The zero-order chi connectivity index (χ0) is 17.9. The minimum atomic E-state index is -0.104. The monoisotopic (exact) mass is 348 g/mol. The van der Waals surface area contributed by atoms with Crippen LogP contribution in [0.25, 0.3) is 5.69 Å². The summed E-state index contributed by atoms with van der Waals surface area (Å²) in [5.74, 6) is 0.713. The molecule has 0 saturated carbocycles. The molecule has 26 heavy (non-hydrogen) atoms. The molecule has 0 radical (unpaired) electrons. The molecule has 3 aromatic rings. The molecule has 0 bridgehead atoms. The van der Waals surface area contributed by atoms with E-state index in [2.05, 4.69) is 15.4 Å². The molecule has 1 aliphatic rings. The summed E-state index contributed by atoms with van der Waals surface area (Å²) >= 11 is 0. The summed E-state index contributed by atoms with van der Waals surface area (Å²) in [6, 6.07) is 11.3. The SMILES string of the molecule is COc1ccc(-n2ncc3c2CCC[C@@H]3NC(=O)c2cccnc2)cc1. The molecule has 0 aliphatic heterocycles. The van der Waals surface area contributed by atoms with Crippen molar-refractivity contribution in [1.82, 2.24) is 20.1 Å². The van der Waals surface area contributed by atoms with Gasteiger partial charge in [0.1, 0.15) is 5.75 Å². The van der Waals surface area contributed by atoms with E-state index in [0.29, 0.717) is 5.56 Å². The predicted octanol–water partition coefficient (Wildman–Crippen LogP) is 3.08. The number of carbonyl (C=O) groups excluding carboxylic acids is 1. The highest BCUT2D eigenvalue weighted by atomic mass is 16.5. The molecule has 2 heterocycles. The van der Waals surface area contributed by atoms with Crippen LogP contribution in [0.15, 0.2) is 55.0 Å². The molecule has 0 unspecified atom stereocenters. The van der Waals surface area contributed by atoms with Crippen molar-refractivity contribution in [1.29, 1.82) is 0 Å². The lowest BCUT2D eigenvalue weighted by atomic mass is 9.92. The normalized spacial score (nSPS) is 16.0. The molecule has 1 atom stereocenters. The topological polar surface area (TPSA) is 69.0 Å². The van der Waals surface area contributed by atoms with Crippen molar-refractivity contribution in [2.45, 2.75) is 25.3 Å². The lowest BCUT2D eigenvalue weighted by Gasteiger charge is -2.24. The molecule has 0 saturated heterocycles. The number of nitrogens with one attached hydrogen (secondary N) is 1. The standard InChI is InChI=1S/C20H20N4O2/c1-26-16-9-7-15(8-10-16)24-19-6-2-5-18(17(19)13-22-24)23-20(25)14-4-3-11-21-12-14/h3-4,7-13,18H,2,5-6H2,1H3,(H,23,25)/t18-/m0/s1. The Morgan fingerprint density at radius 2 is 2.08 bits per heavy atom. The number of methoxy groups -OCH3 is 1. The minimum absolute atomic E-state index is 0.0292. The molecule has 132 valence electrons. The van der Waals surface area contributed by atoms with E-state index in [1.54, 1.807) is 31.6 Å². The van der Waals surface area contributed by atoms with Crippen LogP contribution in [0.2, 0.25) is 0 Å². The quantitative estimate of drug-likeness (QED) is 0.787. The predicted molar refractivity (Wildman–Crippen MR) is 97.5 cm³/mol. The van der Waals surface area contributed by atoms with Gasteiger partial charge < -0.3 is 10.1 Å². The first kappa shape index (κ1) is 16.3. The number of amides is 1. The van der Waals surface area contributed by atoms with E-state index in [1.807, 2.05) is 35.1 Å². The molecule has 1 aromatic carbocycles. The third-order valence-electron chi connectivity index (χ3n) is 4.73. The van der Waals surface area contributed by atoms with Gasteiger partial charge in [-0.2, -0.15) is 5.10 Å². The average molecular weight is 348 g/mol. The fourth-order valence-corrected chi connectivity index (χ4v) is 3.39. The average Bonchev–Trinajstić information content (AvgIpc) is 3.14. The van der Waals surface area contributed by atoms with Gasteiger partial charge in [0.25, 0.3) is 5.91 Å². The highest BCUT2D eigenvalue weighted by molar-refractivity contribution is 5.94. The number of hydrogen-bond donors (Lipinski definition) is 1. The van der Waals surface area contributed by atoms with Gasteiger partial charge in [-0.15, -0.1) is 0 Å². The van der Waals surface area contributed by atoms with Crippen LogP contribution in [0.1, 0.15) is 40.5 Å². The lowest BCUT2D eigenvalue weighted by Crippen LogP contribution is -2.31. The van der Waals surface area contributed by atoms with Gasteiger partial charge in [0.15, 0.2) is 0 Å². The van der Waals surface area contributed by atoms with Crippen LogP contribution in [0, 0.1) is 0 Å². The summed E-state index contributed by atoms with van der Waals surface area (Å²) in [5.41, 5.74) is 3.80. The minimum Gasteiger partial charge on any atom is -0.497 e. The molecular weight excluding hydrogens is 328 g/mol. The molecule has 0 fully saturated rings. The summed E-state index contributed by atoms with van der Waals surface area (Å²) in [4.78, 5) is 16.5. The highest BCUT2D eigenvalue weighted by Gasteiger charge is 2.26. The van der Waals surface area contributed by atoms with E-state index in [-0.39, 0.29) is 11.9 Å². The first-order chi connectivity index (χ1) is 12.8. The van der Waals surface area contributed by atoms with Gasteiger partial charge in [-0.1, -0.05) is 0 Å². The number of benzene rings is 1. The summed E-state index contributed by atoms with van der Waals surface area (Å²) in [6.45, 7) is 0. The summed E-state index contributed by atoms with van der Waals surface area (Å²) in [5, 5.41) is 7.69. The fourth-order valence-electron chi connectivity index (χ4n) is 3.39. The van der Waals surface area contributed by atoms with E-state index in [1.165, 1.54) is 0 Å². The zero-order valence-electron chi connectivity index (χ0n) is 14.6. The number of carbonyl (C=O) groups is 1. The van der Waals surface area contributed by atoms with Crippen LogP contribution in [0.5, 0.6) is 5.75 Å². The Balaban J connectivity index is 1.59. The molecule has 1 amide bonds. The number of fused-ring (bicyclic) bond motifs is 1. The Morgan fingerprint density at radius 1 is 1.23 bits per heavy atom. The Kier molecular flexibility index (Phi) is 4.39. The maximum Gasteiger partial charge on any atom is 0.253 e. The Bertz CT molecular complexity index is 903. The van der Waals surface area contributed by atoms with Gasteiger partial charge in [0.2, 0.25) is 0 Å². The second-order valence-electron chi connectivity index (χ2n) is 6.32. The fraction of sp³-hybridized carbons (Fsp3) is 0.250. The first-order valence-corrected chi connectivity index (χ1v) is 8.68. The van der Waals surface area contributed by atoms with Gasteiger partial charge in [-0.25, -0.2) is 4.68 Å². The van der Waals surface area contributed by atoms with Crippen LogP contribution in [0.4, 0.5) is 0 Å². The number of aromatic nitrogens is 3. The molecule has 0 spiro atoms. The maximum atomic E-state index is 12.5. The van der Waals surface area contributed by atoms with Crippen molar-refractivity contribution in [3.63, 3.8) is 0 Å². The second-order valence-corrected chi connectivity index (χ2v) is 6.32. The summed E-state index contributed by atoms with van der Waals surface area (Å²) in [7, 11) is 1.65. The third-order valence-corrected chi connectivity index (χ3v) is 4.73. The van der Waals surface area contributed by atoms with Gasteiger partial charge in [-0.3, -0.25) is 9.78 Å². The molecule has 4 rings (SSSR count). The van der Waals surface area contributed by atoms with E-state index in [0.717, 1.165) is 42.0 Å². The number of ether oxygens (including phenoxy) is 1. The molecular formula is C20H20N4O2. The van der Waals surface area contributed by atoms with Crippen molar-refractivity contribution in [3.05, 3.63) is 71.8 Å². The summed E-state index contributed by atoms with van der Waals surface area (Å²) in [6.07, 6.45) is 7.97. The lowest BCUT2D eigenvalue weighted by molar-refractivity contribution is 0.0932. The van der Waals surface area contributed by atoms with E-state index < -0.39 is 0 Å². The van der Waals surface area contributed by atoms with Crippen molar-refractivity contribution in [2.75, 3.05) is 7.11 Å². The second kappa shape index (κ2) is 7.00. The van der Waals surface area contributed by atoms with Crippen molar-refractivity contribution in [3.8, 4) is 11.4 Å². The largest absolute Gasteiger partial charge is 0.497 e. The molecule has 6 nitrogen and oxygen atoms in total. The third kappa shape index (κ3) is 3.06. The molecule has 6 heteroatoms. The van der Waals surface area contributed by atoms with Crippen LogP contribution in [0.3, 0.4) is 0 Å². The van der Waals surface area contributed by atoms with Gasteiger partial charge in [-0.05, 0) is 55.7 Å². The van der Waals surface area contributed by atoms with Crippen LogP contribution in [-0.4, -0.2) is 27.8 Å². The first-order valence-electron chi connectivity index (χ1n) is 8.68. The zero-order valence-corrected chi connectivity index (χ0v) is 14.6. The highest BCUT2D eigenvalue weighted by Crippen LogP contribution is 2.31. The van der Waals surface area contributed by atoms with Gasteiger partial charge in [0.05, 0.1) is 30.6 Å². The van der Waals surface area contributed by atoms with Crippen molar-refractivity contribution < 1.29 is 9.53 Å². The van der Waals surface area contributed by atoms with Crippen LogP contribution in [-0.2, 0) is 6.42 Å². The van der Waals surface area contributed by atoms with Crippen molar-refractivity contribution in [2.24, 2.45) is 0 Å². The molecule has 1 aliphatic carbocycles. The van der Waals surface area contributed by atoms with Crippen LogP contribution >= 0.6 is 0 Å². The van der Waals surface area contributed by atoms with Crippen molar-refractivity contribution >= 4 is 5.91 Å². The number of rotatable bonds is 4. The number of hydrogen-bond acceptors (Lipinski definition) is 4. The Morgan fingerprint density at radius 3 is 2.81 bits per heavy atom. The van der Waals surface area contributed by atoms with E-state index >= 15 is 0 Å². The van der Waals surface area contributed by atoms with Gasteiger partial charge in [0, 0.05) is 23.7 Å². The Labute approximate surface area is 151 Å². The number of pyridine rings is 1.